The summed E-state index contributed by atoms with van der Waals surface area (Å²) < 4.78 is 12.1. The van der Waals surface area contributed by atoms with Crippen LogP contribution >= 0.6 is 23.2 Å². The smallest absolute Gasteiger partial charge is 0.400 e. The lowest BCUT2D eigenvalue weighted by atomic mass is 9.77. The van der Waals surface area contributed by atoms with E-state index in [1.807, 2.05) is 52.0 Å². The minimum atomic E-state index is -0.440. The minimum Gasteiger partial charge on any atom is -0.400 e. The third-order valence-corrected chi connectivity index (χ3v) is 5.01. The van der Waals surface area contributed by atoms with E-state index in [-0.39, 0.29) is 11.2 Å². The van der Waals surface area contributed by atoms with Gasteiger partial charge in [-0.3, -0.25) is 0 Å². The van der Waals surface area contributed by atoms with Crippen LogP contribution in [0.3, 0.4) is 0 Å². The maximum atomic E-state index is 6.09. The number of benzene rings is 1. The van der Waals surface area contributed by atoms with Gasteiger partial charge < -0.3 is 15.0 Å². The maximum absolute atomic E-state index is 6.09. The average molecular weight is 342 g/mol. The van der Waals surface area contributed by atoms with Gasteiger partial charge in [0, 0.05) is 17.4 Å². The fourth-order valence-corrected chi connectivity index (χ4v) is 2.69. The molecule has 0 spiro atoms. The molecule has 0 aromatic heterocycles. The van der Waals surface area contributed by atoms with Gasteiger partial charge in [-0.1, -0.05) is 23.7 Å². The van der Waals surface area contributed by atoms with Crippen LogP contribution in [0.15, 0.2) is 23.7 Å². The lowest BCUT2D eigenvalue weighted by molar-refractivity contribution is 0.00578. The number of rotatable bonds is 4. The van der Waals surface area contributed by atoms with Gasteiger partial charge in [-0.25, -0.2) is 0 Å². The lowest BCUT2D eigenvalue weighted by Crippen LogP contribution is -2.41. The third-order valence-electron chi connectivity index (χ3n) is 4.36. The van der Waals surface area contributed by atoms with E-state index in [9.17, 15) is 0 Å². The molecule has 6 heteroatoms. The molecule has 1 heterocycles. The first-order valence-electron chi connectivity index (χ1n) is 7.31. The molecule has 22 heavy (non-hydrogen) atoms. The fraction of sp³-hybridized carbons (Fsp3) is 0.500. The zero-order chi connectivity index (χ0) is 16.5. The van der Waals surface area contributed by atoms with E-state index in [2.05, 4.69) is 0 Å². The van der Waals surface area contributed by atoms with Crippen LogP contribution in [0.4, 0.5) is 0 Å². The minimum absolute atomic E-state index is 0.357. The summed E-state index contributed by atoms with van der Waals surface area (Å²) in [5.74, 6) is 0.370. The Hall–Kier alpha value is -0.515. The summed E-state index contributed by atoms with van der Waals surface area (Å²) in [4.78, 5) is 0. The first kappa shape index (κ1) is 17.8. The van der Waals surface area contributed by atoms with Crippen LogP contribution in [0.1, 0.15) is 38.8 Å². The van der Waals surface area contributed by atoms with E-state index in [1.165, 1.54) is 0 Å². The second-order valence-electron chi connectivity index (χ2n) is 6.50. The highest BCUT2D eigenvalue weighted by Gasteiger charge is 2.52. The molecule has 0 saturated carbocycles. The van der Waals surface area contributed by atoms with Gasteiger partial charge in [0.15, 0.2) is 0 Å². The zero-order valence-electron chi connectivity index (χ0n) is 13.5. The van der Waals surface area contributed by atoms with E-state index in [0.29, 0.717) is 17.4 Å². The van der Waals surface area contributed by atoms with Gasteiger partial charge in [-0.2, -0.15) is 0 Å². The number of hydrogen-bond donors (Lipinski definition) is 1. The average Bonchev–Trinajstić information content (AvgIpc) is 2.66. The van der Waals surface area contributed by atoms with Crippen molar-refractivity contribution in [3.05, 3.63) is 39.8 Å². The molecule has 0 amide bonds. The molecule has 1 aromatic rings. The molecule has 1 saturated heterocycles. The van der Waals surface area contributed by atoms with E-state index in [1.54, 1.807) is 0 Å². The highest BCUT2D eigenvalue weighted by molar-refractivity contribution is 6.55. The third kappa shape index (κ3) is 3.52. The zero-order valence-corrected chi connectivity index (χ0v) is 15.0. The summed E-state index contributed by atoms with van der Waals surface area (Å²) in [6.45, 7) is 8.45. The van der Waals surface area contributed by atoms with Crippen LogP contribution in [0.5, 0.6) is 0 Å². The molecule has 2 N–H and O–H groups in total. The van der Waals surface area contributed by atoms with Crippen LogP contribution in [-0.2, 0) is 15.2 Å². The molecule has 1 aromatic carbocycles. The molecule has 0 unspecified atom stereocenters. The van der Waals surface area contributed by atoms with Crippen molar-refractivity contribution in [1.29, 1.82) is 0 Å². The molecular weight excluding hydrogens is 320 g/mol. The SMILES string of the molecule is CC1(C)OB(C(=Cc2ccc(Cl)c(CCl)c2)CN)OC1(C)C. The van der Waals surface area contributed by atoms with Crippen molar-refractivity contribution >= 4 is 36.4 Å². The highest BCUT2D eigenvalue weighted by atomic mass is 35.5. The number of hydrogen-bond acceptors (Lipinski definition) is 3. The van der Waals surface area contributed by atoms with Crippen molar-refractivity contribution in [1.82, 2.24) is 0 Å². The van der Waals surface area contributed by atoms with Crippen molar-refractivity contribution in [2.75, 3.05) is 6.54 Å². The summed E-state index contributed by atoms with van der Waals surface area (Å²) in [7, 11) is -0.440. The largest absolute Gasteiger partial charge is 0.491 e. The van der Waals surface area contributed by atoms with Gasteiger partial charge in [0.25, 0.3) is 0 Å². The van der Waals surface area contributed by atoms with Crippen molar-refractivity contribution < 1.29 is 9.31 Å². The summed E-state index contributed by atoms with van der Waals surface area (Å²) in [6, 6.07) is 5.72. The Morgan fingerprint density at radius 3 is 2.32 bits per heavy atom. The predicted molar refractivity (Wildman–Crippen MR) is 94.1 cm³/mol. The molecule has 0 atom stereocenters. The number of alkyl halides is 1. The molecule has 0 bridgehead atoms. The molecule has 120 valence electrons. The first-order valence-corrected chi connectivity index (χ1v) is 8.22. The standard InChI is InChI=1S/C16H22BCl2NO2/c1-15(2)16(3,4)22-17(21-15)13(10-20)8-11-5-6-14(19)12(7-11)9-18/h5-8H,9-10,20H2,1-4H3. The number of nitrogens with two attached hydrogens (primary N) is 1. The topological polar surface area (TPSA) is 44.5 Å². The molecule has 0 radical (unpaired) electrons. The van der Waals surface area contributed by atoms with E-state index in [4.69, 9.17) is 38.2 Å². The monoisotopic (exact) mass is 341 g/mol. The Bertz CT molecular complexity index is 572. The molecule has 2 rings (SSSR count). The maximum Gasteiger partial charge on any atom is 0.491 e. The summed E-state index contributed by atoms with van der Waals surface area (Å²) in [6.07, 6.45) is 1.98. The lowest BCUT2D eigenvalue weighted by Gasteiger charge is -2.32. The summed E-state index contributed by atoms with van der Waals surface area (Å²) in [5.41, 5.74) is 7.90. The summed E-state index contributed by atoms with van der Waals surface area (Å²) in [5, 5.41) is 0.664. The quantitative estimate of drug-likeness (QED) is 0.663. The normalized spacial score (nSPS) is 20.5. The predicted octanol–water partition coefficient (Wildman–Crippen LogP) is 4.05. The van der Waals surface area contributed by atoms with E-state index >= 15 is 0 Å². The second-order valence-corrected chi connectivity index (χ2v) is 7.17. The summed E-state index contributed by atoms with van der Waals surface area (Å²) >= 11 is 12.0. The Balaban J connectivity index is 2.29. The Labute approximate surface area is 142 Å². The van der Waals surface area contributed by atoms with E-state index in [0.717, 1.165) is 16.6 Å². The fourth-order valence-electron chi connectivity index (χ4n) is 2.22. The Morgan fingerprint density at radius 2 is 1.82 bits per heavy atom. The van der Waals surface area contributed by atoms with Crippen molar-refractivity contribution in [2.24, 2.45) is 5.73 Å². The van der Waals surface area contributed by atoms with Gasteiger partial charge >= 0.3 is 7.12 Å². The van der Waals surface area contributed by atoms with Gasteiger partial charge in [0.05, 0.1) is 11.2 Å². The molecule has 1 fully saturated rings. The molecule has 3 nitrogen and oxygen atoms in total. The van der Waals surface area contributed by atoms with Gasteiger partial charge in [-0.05, 0) is 56.4 Å². The Morgan fingerprint density at radius 1 is 1.23 bits per heavy atom. The number of halogens is 2. The van der Waals surface area contributed by atoms with Crippen molar-refractivity contribution in [3.63, 3.8) is 0 Å². The van der Waals surface area contributed by atoms with Crippen LogP contribution < -0.4 is 5.73 Å². The Kier molecular flexibility index (Phi) is 5.30. The first-order chi connectivity index (χ1) is 10.2. The van der Waals surface area contributed by atoms with Crippen LogP contribution in [0, 0.1) is 0 Å². The van der Waals surface area contributed by atoms with Crippen molar-refractivity contribution in [3.8, 4) is 0 Å². The van der Waals surface area contributed by atoms with E-state index < -0.39 is 7.12 Å². The van der Waals surface area contributed by atoms with Gasteiger partial charge in [0.1, 0.15) is 0 Å². The van der Waals surface area contributed by atoms with Crippen LogP contribution in [0.2, 0.25) is 5.02 Å². The van der Waals surface area contributed by atoms with Gasteiger partial charge in [0.2, 0.25) is 0 Å². The molecule has 0 aliphatic carbocycles. The molecule has 1 aliphatic rings. The molecule has 1 aliphatic heterocycles. The van der Waals surface area contributed by atoms with Crippen LogP contribution in [-0.4, -0.2) is 24.9 Å². The molecular formula is C16H22BCl2NO2. The highest BCUT2D eigenvalue weighted by Crippen LogP contribution is 2.38. The van der Waals surface area contributed by atoms with Crippen molar-refractivity contribution in [2.45, 2.75) is 44.8 Å². The van der Waals surface area contributed by atoms with Crippen LogP contribution in [0.25, 0.3) is 6.08 Å². The second kappa shape index (κ2) is 6.54. The van der Waals surface area contributed by atoms with Gasteiger partial charge in [-0.15, -0.1) is 11.6 Å².